The molecule has 114 valence electrons. The summed E-state index contributed by atoms with van der Waals surface area (Å²) < 4.78 is 5.01. The first-order chi connectivity index (χ1) is 9.89. The summed E-state index contributed by atoms with van der Waals surface area (Å²) in [5.74, 6) is -0.260. The summed E-state index contributed by atoms with van der Waals surface area (Å²) in [6, 6.07) is 1.54. The fraction of sp³-hybridized carbons (Fsp3) is 0.467. The SMILES string of the molecule is CC(C)(C)C[C@@H](CO)NC(=O)c1csc(-c2ccoc2)n1. The molecular weight excluding hydrogens is 288 g/mol. The van der Waals surface area contributed by atoms with Gasteiger partial charge < -0.3 is 14.8 Å². The highest BCUT2D eigenvalue weighted by molar-refractivity contribution is 7.13. The molecule has 0 unspecified atom stereocenters. The largest absolute Gasteiger partial charge is 0.472 e. The summed E-state index contributed by atoms with van der Waals surface area (Å²) in [4.78, 5) is 16.5. The van der Waals surface area contributed by atoms with Crippen LogP contribution in [0.1, 0.15) is 37.7 Å². The molecular formula is C15H20N2O3S. The Hall–Kier alpha value is -1.66. The van der Waals surface area contributed by atoms with Crippen molar-refractivity contribution >= 4 is 17.2 Å². The fourth-order valence-electron chi connectivity index (χ4n) is 2.06. The van der Waals surface area contributed by atoms with E-state index in [9.17, 15) is 9.90 Å². The normalized spacial score (nSPS) is 13.1. The molecule has 5 nitrogen and oxygen atoms in total. The monoisotopic (exact) mass is 308 g/mol. The molecule has 2 aromatic heterocycles. The number of furan rings is 1. The Bertz CT molecular complexity index is 584. The lowest BCUT2D eigenvalue weighted by Crippen LogP contribution is -2.40. The van der Waals surface area contributed by atoms with Gasteiger partial charge in [0.25, 0.3) is 5.91 Å². The molecule has 0 aliphatic carbocycles. The molecule has 2 aromatic rings. The minimum absolute atomic E-state index is 0.0324. The topological polar surface area (TPSA) is 75.4 Å². The van der Waals surface area contributed by atoms with Gasteiger partial charge in [-0.3, -0.25) is 4.79 Å². The zero-order valence-corrected chi connectivity index (χ0v) is 13.2. The van der Waals surface area contributed by atoms with E-state index < -0.39 is 0 Å². The summed E-state index contributed by atoms with van der Waals surface area (Å²) in [5.41, 5.74) is 1.25. The van der Waals surface area contributed by atoms with Crippen LogP contribution < -0.4 is 5.32 Å². The van der Waals surface area contributed by atoms with E-state index in [1.165, 1.54) is 11.3 Å². The first kappa shape index (κ1) is 15.7. The van der Waals surface area contributed by atoms with Crippen molar-refractivity contribution in [2.75, 3.05) is 6.61 Å². The van der Waals surface area contributed by atoms with Crippen molar-refractivity contribution in [1.82, 2.24) is 10.3 Å². The van der Waals surface area contributed by atoms with Crippen LogP contribution in [0.15, 0.2) is 28.4 Å². The van der Waals surface area contributed by atoms with Crippen molar-refractivity contribution in [2.24, 2.45) is 5.41 Å². The van der Waals surface area contributed by atoms with Gasteiger partial charge >= 0.3 is 0 Å². The third-order valence-electron chi connectivity index (χ3n) is 2.92. The molecule has 0 saturated carbocycles. The second-order valence-corrected chi connectivity index (χ2v) is 7.03. The van der Waals surface area contributed by atoms with Crippen molar-refractivity contribution in [3.63, 3.8) is 0 Å². The number of aromatic nitrogens is 1. The minimum atomic E-state index is -0.267. The summed E-state index contributed by atoms with van der Waals surface area (Å²) in [7, 11) is 0. The van der Waals surface area contributed by atoms with Crippen LogP contribution in [0.5, 0.6) is 0 Å². The summed E-state index contributed by atoms with van der Waals surface area (Å²) in [6.07, 6.45) is 3.87. The first-order valence-electron chi connectivity index (χ1n) is 6.79. The third kappa shape index (κ3) is 4.41. The molecule has 21 heavy (non-hydrogen) atoms. The van der Waals surface area contributed by atoms with Crippen LogP contribution in [0.3, 0.4) is 0 Å². The number of hydrogen-bond donors (Lipinski definition) is 2. The van der Waals surface area contributed by atoms with Crippen LogP contribution in [-0.4, -0.2) is 28.6 Å². The molecule has 0 aliphatic heterocycles. The van der Waals surface area contributed by atoms with Gasteiger partial charge in [0.2, 0.25) is 0 Å². The number of hydrogen-bond acceptors (Lipinski definition) is 5. The van der Waals surface area contributed by atoms with E-state index in [0.29, 0.717) is 12.1 Å². The van der Waals surface area contributed by atoms with E-state index in [-0.39, 0.29) is 24.0 Å². The van der Waals surface area contributed by atoms with Gasteiger partial charge in [0, 0.05) is 10.9 Å². The number of aliphatic hydroxyl groups is 1. The number of amides is 1. The van der Waals surface area contributed by atoms with Crippen LogP contribution in [0.25, 0.3) is 10.6 Å². The third-order valence-corrected chi connectivity index (χ3v) is 3.81. The quantitative estimate of drug-likeness (QED) is 0.890. The Morgan fingerprint density at radius 2 is 2.29 bits per heavy atom. The molecule has 2 heterocycles. The van der Waals surface area contributed by atoms with Crippen molar-refractivity contribution in [2.45, 2.75) is 33.2 Å². The zero-order valence-electron chi connectivity index (χ0n) is 12.4. The van der Waals surface area contributed by atoms with Gasteiger partial charge in [0.15, 0.2) is 0 Å². The van der Waals surface area contributed by atoms with E-state index in [4.69, 9.17) is 4.42 Å². The number of rotatable bonds is 5. The van der Waals surface area contributed by atoms with Gasteiger partial charge in [-0.25, -0.2) is 4.98 Å². The van der Waals surface area contributed by atoms with Crippen molar-refractivity contribution in [1.29, 1.82) is 0 Å². The number of carbonyl (C=O) groups is 1. The molecule has 0 aliphatic rings. The number of carbonyl (C=O) groups excluding carboxylic acids is 1. The van der Waals surface area contributed by atoms with E-state index >= 15 is 0 Å². The first-order valence-corrected chi connectivity index (χ1v) is 7.67. The maximum atomic E-state index is 12.2. The molecule has 0 spiro atoms. The number of thiazole rings is 1. The Morgan fingerprint density at radius 1 is 1.52 bits per heavy atom. The molecule has 0 radical (unpaired) electrons. The Kier molecular flexibility index (Phi) is 4.80. The van der Waals surface area contributed by atoms with E-state index in [1.54, 1.807) is 24.0 Å². The molecule has 0 fully saturated rings. The minimum Gasteiger partial charge on any atom is -0.472 e. The van der Waals surface area contributed by atoms with Gasteiger partial charge in [0.1, 0.15) is 17.0 Å². The maximum Gasteiger partial charge on any atom is 0.271 e. The highest BCUT2D eigenvalue weighted by atomic mass is 32.1. The Balaban J connectivity index is 2.03. The second kappa shape index (κ2) is 6.41. The van der Waals surface area contributed by atoms with E-state index in [1.807, 2.05) is 0 Å². The van der Waals surface area contributed by atoms with Gasteiger partial charge in [-0.2, -0.15) is 0 Å². The number of nitrogens with zero attached hydrogens (tertiary/aromatic N) is 1. The highest BCUT2D eigenvalue weighted by Gasteiger charge is 2.21. The average molecular weight is 308 g/mol. The second-order valence-electron chi connectivity index (χ2n) is 6.17. The molecule has 2 rings (SSSR count). The van der Waals surface area contributed by atoms with Crippen LogP contribution >= 0.6 is 11.3 Å². The Morgan fingerprint density at radius 3 is 2.86 bits per heavy atom. The lowest BCUT2D eigenvalue weighted by atomic mass is 9.88. The summed E-state index contributed by atoms with van der Waals surface area (Å²) in [6.45, 7) is 6.13. The van der Waals surface area contributed by atoms with Crippen molar-refractivity contribution < 1.29 is 14.3 Å². The molecule has 1 amide bonds. The Labute approximate surface area is 128 Å². The molecule has 0 saturated heterocycles. The van der Waals surface area contributed by atoms with Crippen LogP contribution in [0, 0.1) is 5.41 Å². The number of nitrogens with one attached hydrogen (secondary N) is 1. The fourth-order valence-corrected chi connectivity index (χ4v) is 2.84. The van der Waals surface area contributed by atoms with Crippen LogP contribution in [0.4, 0.5) is 0 Å². The van der Waals surface area contributed by atoms with Gasteiger partial charge in [0.05, 0.1) is 18.9 Å². The predicted molar refractivity (Wildman–Crippen MR) is 82.2 cm³/mol. The standard InChI is InChI=1S/C15H20N2O3S/c1-15(2,3)6-11(7-18)16-13(19)12-9-21-14(17-12)10-4-5-20-8-10/h4-5,8-9,11,18H,6-7H2,1-3H3,(H,16,19)/t11-/m0/s1. The van der Waals surface area contributed by atoms with E-state index in [0.717, 1.165) is 10.6 Å². The smallest absolute Gasteiger partial charge is 0.271 e. The van der Waals surface area contributed by atoms with Gasteiger partial charge in [-0.05, 0) is 17.9 Å². The lowest BCUT2D eigenvalue weighted by Gasteiger charge is -2.25. The molecule has 6 heteroatoms. The predicted octanol–water partition coefficient (Wildman–Crippen LogP) is 2.93. The number of aliphatic hydroxyl groups excluding tert-OH is 1. The zero-order chi connectivity index (χ0) is 15.5. The lowest BCUT2D eigenvalue weighted by molar-refractivity contribution is 0.0893. The molecule has 0 bridgehead atoms. The van der Waals surface area contributed by atoms with E-state index in [2.05, 4.69) is 31.1 Å². The molecule has 0 aromatic carbocycles. The molecule has 1 atom stereocenters. The summed E-state index contributed by atoms with van der Waals surface area (Å²) in [5, 5.41) is 14.7. The molecule has 2 N–H and O–H groups in total. The maximum absolute atomic E-state index is 12.2. The van der Waals surface area contributed by atoms with Gasteiger partial charge in [-0.1, -0.05) is 20.8 Å². The van der Waals surface area contributed by atoms with Crippen LogP contribution in [-0.2, 0) is 0 Å². The van der Waals surface area contributed by atoms with Crippen LogP contribution in [0.2, 0.25) is 0 Å². The van der Waals surface area contributed by atoms with Crippen molar-refractivity contribution in [3.8, 4) is 10.6 Å². The summed E-state index contributed by atoms with van der Waals surface area (Å²) >= 11 is 1.39. The van der Waals surface area contributed by atoms with Gasteiger partial charge in [-0.15, -0.1) is 11.3 Å². The van der Waals surface area contributed by atoms with Crippen molar-refractivity contribution in [3.05, 3.63) is 29.7 Å². The highest BCUT2D eigenvalue weighted by Crippen LogP contribution is 2.24. The average Bonchev–Trinajstić information content (AvgIpc) is 3.06.